The Morgan fingerprint density at radius 2 is 1.90 bits per heavy atom. The van der Waals surface area contributed by atoms with Crippen molar-refractivity contribution in [1.29, 1.82) is 0 Å². The van der Waals surface area contributed by atoms with E-state index in [-0.39, 0.29) is 25.4 Å². The molecule has 0 aromatic heterocycles. The van der Waals surface area contributed by atoms with Crippen LogP contribution in [0.2, 0.25) is 0 Å². The number of amides is 1. The predicted molar refractivity (Wildman–Crippen MR) is 68.7 cm³/mol. The van der Waals surface area contributed by atoms with Gasteiger partial charge in [0.2, 0.25) is 5.91 Å². The summed E-state index contributed by atoms with van der Waals surface area (Å²) in [6, 6.07) is 7.95. The molecule has 1 atom stereocenters. The Labute approximate surface area is 114 Å². The monoisotopic (exact) mass is 284 g/mol. The van der Waals surface area contributed by atoms with Gasteiger partial charge in [0.25, 0.3) is 0 Å². The Kier molecular flexibility index (Phi) is 4.13. The molecular weight excluding hydrogens is 269 g/mol. The van der Waals surface area contributed by atoms with Crippen LogP contribution in [0.15, 0.2) is 42.0 Å². The number of carbonyl (C=O) groups is 1. The van der Waals surface area contributed by atoms with Crippen LogP contribution in [0.4, 0.5) is 13.2 Å². The number of hydrogen-bond acceptors (Lipinski definition) is 2. The zero-order chi connectivity index (χ0) is 14.8. The number of halogens is 3. The summed E-state index contributed by atoms with van der Waals surface area (Å²) in [6.45, 7) is -0.00107. The normalized spacial score (nSPS) is 17.6. The highest BCUT2D eigenvalue weighted by atomic mass is 19.4. The minimum Gasteiger partial charge on any atom is -0.337 e. The Balaban J connectivity index is 2.04. The highest BCUT2D eigenvalue weighted by molar-refractivity contribution is 5.83. The van der Waals surface area contributed by atoms with E-state index in [9.17, 15) is 18.0 Å². The molecule has 1 aromatic carbocycles. The number of hydrogen-bond donors (Lipinski definition) is 1. The largest absolute Gasteiger partial charge is 0.412 e. The summed E-state index contributed by atoms with van der Waals surface area (Å²) in [5.41, 5.74) is 5.94. The van der Waals surface area contributed by atoms with Gasteiger partial charge >= 0.3 is 6.18 Å². The van der Waals surface area contributed by atoms with Crippen molar-refractivity contribution in [1.82, 2.24) is 4.90 Å². The first-order valence-corrected chi connectivity index (χ1v) is 6.25. The highest BCUT2D eigenvalue weighted by Crippen LogP contribution is 2.30. The lowest BCUT2D eigenvalue weighted by Gasteiger charge is -2.29. The van der Waals surface area contributed by atoms with Crippen molar-refractivity contribution < 1.29 is 18.0 Å². The summed E-state index contributed by atoms with van der Waals surface area (Å²) in [5.74, 6) is -0.353. The van der Waals surface area contributed by atoms with Crippen LogP contribution in [-0.2, 0) is 4.79 Å². The summed E-state index contributed by atoms with van der Waals surface area (Å²) in [7, 11) is 0. The van der Waals surface area contributed by atoms with Crippen LogP contribution in [0.1, 0.15) is 18.0 Å². The van der Waals surface area contributed by atoms with Gasteiger partial charge in [0.05, 0.1) is 0 Å². The van der Waals surface area contributed by atoms with Gasteiger partial charge in [-0.3, -0.25) is 4.79 Å². The van der Waals surface area contributed by atoms with Crippen LogP contribution in [0, 0.1) is 0 Å². The van der Waals surface area contributed by atoms with E-state index in [1.54, 1.807) is 30.3 Å². The second-order valence-corrected chi connectivity index (χ2v) is 4.65. The standard InChI is InChI=1S/C14H15F3N2O/c15-14(16,17)11-6-8-19(9-7-11)13(20)12(18)10-4-2-1-3-5-10/h1-6,12H,7-9,18H2/t12-/m0/s1. The van der Waals surface area contributed by atoms with Crippen LogP contribution < -0.4 is 5.73 Å². The molecule has 1 heterocycles. The predicted octanol–water partition coefficient (Wildman–Crippen LogP) is 2.41. The molecule has 0 saturated carbocycles. The van der Waals surface area contributed by atoms with Gasteiger partial charge in [0.1, 0.15) is 6.04 Å². The van der Waals surface area contributed by atoms with Crippen LogP contribution in [0.25, 0.3) is 0 Å². The van der Waals surface area contributed by atoms with Gasteiger partial charge in [-0.25, -0.2) is 0 Å². The third-order valence-electron chi connectivity index (χ3n) is 3.31. The summed E-state index contributed by atoms with van der Waals surface area (Å²) in [4.78, 5) is 13.5. The van der Waals surface area contributed by atoms with E-state index in [1.807, 2.05) is 0 Å². The van der Waals surface area contributed by atoms with Gasteiger partial charge in [-0.15, -0.1) is 0 Å². The molecule has 0 saturated heterocycles. The number of rotatable bonds is 2. The molecule has 2 rings (SSSR count). The first-order chi connectivity index (χ1) is 9.39. The molecule has 0 spiro atoms. The molecule has 0 bridgehead atoms. The highest BCUT2D eigenvalue weighted by Gasteiger charge is 2.36. The van der Waals surface area contributed by atoms with E-state index < -0.39 is 17.8 Å². The van der Waals surface area contributed by atoms with E-state index in [4.69, 9.17) is 5.73 Å². The van der Waals surface area contributed by atoms with Crippen molar-refractivity contribution in [3.05, 3.63) is 47.5 Å². The second-order valence-electron chi connectivity index (χ2n) is 4.65. The molecule has 0 unspecified atom stereocenters. The van der Waals surface area contributed by atoms with Gasteiger partial charge in [0, 0.05) is 18.7 Å². The molecule has 108 valence electrons. The quantitative estimate of drug-likeness (QED) is 0.848. The fourth-order valence-electron chi connectivity index (χ4n) is 2.13. The molecule has 0 radical (unpaired) electrons. The average molecular weight is 284 g/mol. The van der Waals surface area contributed by atoms with Gasteiger partial charge in [0.15, 0.2) is 0 Å². The second kappa shape index (κ2) is 5.66. The van der Waals surface area contributed by atoms with E-state index >= 15 is 0 Å². The van der Waals surface area contributed by atoms with Crippen molar-refractivity contribution in [3.63, 3.8) is 0 Å². The third-order valence-corrected chi connectivity index (χ3v) is 3.31. The summed E-state index contributed by atoms with van der Waals surface area (Å²) < 4.78 is 37.5. The molecule has 6 heteroatoms. The van der Waals surface area contributed by atoms with Gasteiger partial charge < -0.3 is 10.6 Å². The van der Waals surface area contributed by atoms with Crippen LogP contribution in [0.3, 0.4) is 0 Å². The van der Waals surface area contributed by atoms with Crippen LogP contribution in [-0.4, -0.2) is 30.1 Å². The number of carbonyl (C=O) groups excluding carboxylic acids is 1. The van der Waals surface area contributed by atoms with Gasteiger partial charge in [-0.2, -0.15) is 13.2 Å². The molecule has 0 fully saturated rings. The van der Waals surface area contributed by atoms with Gasteiger partial charge in [-0.1, -0.05) is 36.4 Å². The van der Waals surface area contributed by atoms with Gasteiger partial charge in [-0.05, 0) is 12.0 Å². The minimum atomic E-state index is -4.31. The number of alkyl halides is 3. The zero-order valence-electron chi connectivity index (χ0n) is 10.7. The fourth-order valence-corrected chi connectivity index (χ4v) is 2.13. The van der Waals surface area contributed by atoms with E-state index in [0.29, 0.717) is 5.56 Å². The maximum atomic E-state index is 12.5. The minimum absolute atomic E-state index is 0.0463. The summed E-state index contributed by atoms with van der Waals surface area (Å²) in [6.07, 6.45) is -3.44. The Morgan fingerprint density at radius 1 is 1.25 bits per heavy atom. The SMILES string of the molecule is N[C@H](C(=O)N1CC=C(C(F)(F)F)CC1)c1ccccc1. The summed E-state index contributed by atoms with van der Waals surface area (Å²) >= 11 is 0. The molecular formula is C14H15F3N2O. The zero-order valence-corrected chi connectivity index (χ0v) is 10.7. The average Bonchev–Trinajstić information content (AvgIpc) is 2.46. The molecule has 2 N–H and O–H groups in total. The Hall–Kier alpha value is -1.82. The molecule has 0 aliphatic carbocycles. The van der Waals surface area contributed by atoms with Crippen LogP contribution >= 0.6 is 0 Å². The molecule has 20 heavy (non-hydrogen) atoms. The maximum absolute atomic E-state index is 12.5. The molecule has 1 amide bonds. The Bertz CT molecular complexity index is 511. The van der Waals surface area contributed by atoms with E-state index in [1.165, 1.54) is 4.90 Å². The van der Waals surface area contributed by atoms with Crippen LogP contribution in [0.5, 0.6) is 0 Å². The lowest BCUT2D eigenvalue weighted by molar-refractivity contribution is -0.133. The molecule has 1 aliphatic heterocycles. The van der Waals surface area contributed by atoms with Crippen molar-refractivity contribution in [2.75, 3.05) is 13.1 Å². The molecule has 1 aliphatic rings. The maximum Gasteiger partial charge on any atom is 0.412 e. The van der Waals surface area contributed by atoms with Crippen molar-refractivity contribution in [2.45, 2.75) is 18.6 Å². The lowest BCUT2D eigenvalue weighted by atomic mass is 10.0. The first kappa shape index (κ1) is 14.6. The Morgan fingerprint density at radius 3 is 2.40 bits per heavy atom. The van der Waals surface area contributed by atoms with Crippen molar-refractivity contribution in [2.24, 2.45) is 5.73 Å². The van der Waals surface area contributed by atoms with E-state index in [0.717, 1.165) is 6.08 Å². The first-order valence-electron chi connectivity index (χ1n) is 6.25. The van der Waals surface area contributed by atoms with E-state index in [2.05, 4.69) is 0 Å². The third kappa shape index (κ3) is 3.19. The molecule has 1 aromatic rings. The van der Waals surface area contributed by atoms with Crippen molar-refractivity contribution >= 4 is 5.91 Å². The summed E-state index contributed by atoms with van der Waals surface area (Å²) in [5, 5.41) is 0. The number of nitrogens with two attached hydrogens (primary N) is 1. The molecule has 3 nitrogen and oxygen atoms in total. The number of nitrogens with zero attached hydrogens (tertiary/aromatic N) is 1. The lowest BCUT2D eigenvalue weighted by Crippen LogP contribution is -2.42. The number of benzene rings is 1. The smallest absolute Gasteiger partial charge is 0.337 e. The fraction of sp³-hybridized carbons (Fsp3) is 0.357. The topological polar surface area (TPSA) is 46.3 Å². The van der Waals surface area contributed by atoms with Crippen molar-refractivity contribution in [3.8, 4) is 0 Å².